The highest BCUT2D eigenvalue weighted by atomic mass is 16.4. The van der Waals surface area contributed by atoms with Crippen LogP contribution in [0.15, 0.2) is 12.5 Å². The van der Waals surface area contributed by atoms with Crippen molar-refractivity contribution >= 4 is 5.97 Å². The van der Waals surface area contributed by atoms with Crippen LogP contribution in [0, 0.1) is 18.3 Å². The SMILES string of the molecule is Cc1ncncc1[C@@H]1[C@@H](C(=O)O)C1(C)C. The predicted molar refractivity (Wildman–Crippen MR) is 54.4 cm³/mol. The Morgan fingerprint density at radius 3 is 2.67 bits per heavy atom. The van der Waals surface area contributed by atoms with Gasteiger partial charge in [-0.15, -0.1) is 0 Å². The van der Waals surface area contributed by atoms with E-state index in [0.29, 0.717) is 0 Å². The fourth-order valence-corrected chi connectivity index (χ4v) is 2.39. The van der Waals surface area contributed by atoms with Gasteiger partial charge in [-0.2, -0.15) is 0 Å². The van der Waals surface area contributed by atoms with Crippen molar-refractivity contribution in [2.45, 2.75) is 26.7 Å². The van der Waals surface area contributed by atoms with E-state index in [9.17, 15) is 4.79 Å². The van der Waals surface area contributed by atoms with Crippen LogP contribution in [0.3, 0.4) is 0 Å². The van der Waals surface area contributed by atoms with Crippen LogP contribution in [-0.4, -0.2) is 21.0 Å². The average molecular weight is 206 g/mol. The lowest BCUT2D eigenvalue weighted by atomic mass is 10.0. The molecule has 0 aromatic carbocycles. The van der Waals surface area contributed by atoms with Gasteiger partial charge in [-0.1, -0.05) is 13.8 Å². The van der Waals surface area contributed by atoms with Crippen molar-refractivity contribution in [2.24, 2.45) is 11.3 Å². The molecule has 1 aromatic rings. The van der Waals surface area contributed by atoms with Crippen molar-refractivity contribution in [3.05, 3.63) is 23.8 Å². The number of rotatable bonds is 2. The minimum atomic E-state index is -0.728. The largest absolute Gasteiger partial charge is 0.481 e. The minimum absolute atomic E-state index is 0.0520. The van der Waals surface area contributed by atoms with Crippen LogP contribution >= 0.6 is 0 Å². The number of aryl methyl sites for hydroxylation is 1. The number of hydrogen-bond acceptors (Lipinski definition) is 3. The first-order valence-corrected chi connectivity index (χ1v) is 4.95. The topological polar surface area (TPSA) is 63.1 Å². The predicted octanol–water partition coefficient (Wildman–Crippen LogP) is 1.61. The molecular formula is C11H14N2O2. The molecule has 0 bridgehead atoms. The Bertz CT molecular complexity index is 415. The van der Waals surface area contributed by atoms with E-state index in [-0.39, 0.29) is 17.3 Å². The summed E-state index contributed by atoms with van der Waals surface area (Å²) in [7, 11) is 0. The van der Waals surface area contributed by atoms with Crippen LogP contribution in [0.1, 0.15) is 31.0 Å². The van der Waals surface area contributed by atoms with Gasteiger partial charge in [0.25, 0.3) is 0 Å². The van der Waals surface area contributed by atoms with Crippen molar-refractivity contribution in [3.63, 3.8) is 0 Å². The highest BCUT2D eigenvalue weighted by Crippen LogP contribution is 2.64. The summed E-state index contributed by atoms with van der Waals surface area (Å²) in [4.78, 5) is 19.1. The summed E-state index contributed by atoms with van der Waals surface area (Å²) in [6, 6.07) is 0. The summed E-state index contributed by atoms with van der Waals surface area (Å²) in [6.07, 6.45) is 3.22. The third kappa shape index (κ3) is 1.40. The van der Waals surface area contributed by atoms with Gasteiger partial charge in [0, 0.05) is 17.8 Å². The van der Waals surface area contributed by atoms with Crippen LogP contribution < -0.4 is 0 Å². The second-order valence-corrected chi connectivity index (χ2v) is 4.68. The number of carboxylic acids is 1. The molecule has 1 heterocycles. The summed E-state index contributed by atoms with van der Waals surface area (Å²) >= 11 is 0. The molecule has 0 saturated heterocycles. The highest BCUT2D eigenvalue weighted by Gasteiger charge is 2.63. The molecule has 0 amide bonds. The van der Waals surface area contributed by atoms with Crippen molar-refractivity contribution in [2.75, 3.05) is 0 Å². The van der Waals surface area contributed by atoms with Crippen LogP contribution in [0.25, 0.3) is 0 Å². The zero-order valence-electron chi connectivity index (χ0n) is 9.06. The number of nitrogens with zero attached hydrogens (tertiary/aromatic N) is 2. The average Bonchev–Trinajstić information content (AvgIpc) is 2.70. The standard InChI is InChI=1S/C11H14N2O2/c1-6-7(4-12-5-13-6)8-9(10(14)15)11(8,2)3/h4-5,8-9H,1-3H3,(H,14,15)/t8-,9+/m1/s1. The van der Waals surface area contributed by atoms with Gasteiger partial charge in [0.1, 0.15) is 6.33 Å². The first-order chi connectivity index (χ1) is 6.96. The Labute approximate surface area is 88.4 Å². The van der Waals surface area contributed by atoms with Gasteiger partial charge >= 0.3 is 5.97 Å². The van der Waals surface area contributed by atoms with Gasteiger partial charge in [-0.05, 0) is 17.9 Å². The van der Waals surface area contributed by atoms with Crippen molar-refractivity contribution in [3.8, 4) is 0 Å². The lowest BCUT2D eigenvalue weighted by Crippen LogP contribution is -2.03. The zero-order valence-corrected chi connectivity index (χ0v) is 9.06. The van der Waals surface area contributed by atoms with E-state index in [4.69, 9.17) is 5.11 Å². The first-order valence-electron chi connectivity index (χ1n) is 4.95. The number of aliphatic carboxylic acids is 1. The van der Waals surface area contributed by atoms with E-state index in [0.717, 1.165) is 11.3 Å². The summed E-state index contributed by atoms with van der Waals surface area (Å²) in [6.45, 7) is 5.84. The molecule has 1 saturated carbocycles. The van der Waals surface area contributed by atoms with Gasteiger partial charge in [0.05, 0.1) is 5.92 Å². The molecule has 4 nitrogen and oxygen atoms in total. The lowest BCUT2D eigenvalue weighted by Gasteiger charge is -2.04. The van der Waals surface area contributed by atoms with Gasteiger partial charge in [-0.25, -0.2) is 9.97 Å². The molecule has 0 radical (unpaired) electrons. The quantitative estimate of drug-likeness (QED) is 0.798. The molecule has 80 valence electrons. The van der Waals surface area contributed by atoms with E-state index in [2.05, 4.69) is 9.97 Å². The fraction of sp³-hybridized carbons (Fsp3) is 0.545. The fourth-order valence-electron chi connectivity index (χ4n) is 2.39. The summed E-state index contributed by atoms with van der Waals surface area (Å²) in [5.41, 5.74) is 1.67. The first kappa shape index (κ1) is 10.1. The number of carbonyl (C=O) groups is 1. The van der Waals surface area contributed by atoms with Gasteiger partial charge in [-0.3, -0.25) is 4.79 Å². The lowest BCUT2D eigenvalue weighted by molar-refractivity contribution is -0.139. The maximum atomic E-state index is 11.0. The van der Waals surface area contributed by atoms with E-state index in [1.54, 1.807) is 6.20 Å². The van der Waals surface area contributed by atoms with E-state index < -0.39 is 5.97 Å². The number of carboxylic acid groups (broad SMARTS) is 1. The van der Waals surface area contributed by atoms with E-state index in [1.165, 1.54) is 6.33 Å². The molecule has 15 heavy (non-hydrogen) atoms. The second kappa shape index (κ2) is 3.02. The van der Waals surface area contributed by atoms with Gasteiger partial charge in [0.15, 0.2) is 0 Å². The molecule has 2 atom stereocenters. The van der Waals surface area contributed by atoms with Crippen molar-refractivity contribution < 1.29 is 9.90 Å². The summed E-state index contributed by atoms with van der Waals surface area (Å²) in [5.74, 6) is -0.980. The Kier molecular flexibility index (Phi) is 2.03. The maximum absolute atomic E-state index is 11.0. The Morgan fingerprint density at radius 1 is 1.53 bits per heavy atom. The monoisotopic (exact) mass is 206 g/mol. The Morgan fingerprint density at radius 2 is 2.20 bits per heavy atom. The smallest absolute Gasteiger partial charge is 0.307 e. The molecule has 1 aromatic heterocycles. The number of aromatic nitrogens is 2. The molecule has 0 spiro atoms. The molecule has 1 fully saturated rings. The molecule has 2 rings (SSSR count). The maximum Gasteiger partial charge on any atom is 0.307 e. The molecule has 0 unspecified atom stereocenters. The normalized spacial score (nSPS) is 27.4. The van der Waals surface area contributed by atoms with E-state index >= 15 is 0 Å². The molecular weight excluding hydrogens is 192 g/mol. The Hall–Kier alpha value is -1.45. The molecule has 4 heteroatoms. The van der Waals surface area contributed by atoms with Crippen molar-refractivity contribution in [1.29, 1.82) is 0 Å². The minimum Gasteiger partial charge on any atom is -0.481 e. The zero-order chi connectivity index (χ0) is 11.2. The highest BCUT2D eigenvalue weighted by molar-refractivity contribution is 5.77. The summed E-state index contributed by atoms with van der Waals surface area (Å²) in [5, 5.41) is 9.07. The van der Waals surface area contributed by atoms with Crippen LogP contribution in [-0.2, 0) is 4.79 Å². The van der Waals surface area contributed by atoms with Crippen LogP contribution in [0.5, 0.6) is 0 Å². The van der Waals surface area contributed by atoms with Gasteiger partial charge in [0.2, 0.25) is 0 Å². The molecule has 0 aliphatic heterocycles. The third-order valence-corrected chi connectivity index (χ3v) is 3.38. The molecule has 1 aliphatic rings. The Balaban J connectivity index is 2.36. The third-order valence-electron chi connectivity index (χ3n) is 3.38. The summed E-state index contributed by atoms with van der Waals surface area (Å²) < 4.78 is 0. The van der Waals surface area contributed by atoms with Crippen LogP contribution in [0.4, 0.5) is 0 Å². The number of hydrogen-bond donors (Lipinski definition) is 1. The second-order valence-electron chi connectivity index (χ2n) is 4.68. The molecule has 1 aliphatic carbocycles. The van der Waals surface area contributed by atoms with E-state index in [1.807, 2.05) is 20.8 Å². The molecule has 1 N–H and O–H groups in total. The van der Waals surface area contributed by atoms with Gasteiger partial charge < -0.3 is 5.11 Å². The van der Waals surface area contributed by atoms with Crippen molar-refractivity contribution in [1.82, 2.24) is 9.97 Å². The van der Waals surface area contributed by atoms with Crippen LogP contribution in [0.2, 0.25) is 0 Å².